The van der Waals surface area contributed by atoms with E-state index >= 15 is 0 Å². The molecule has 0 amide bonds. The lowest BCUT2D eigenvalue weighted by Crippen LogP contribution is -2.43. The first kappa shape index (κ1) is 15.5. The van der Waals surface area contributed by atoms with Crippen molar-refractivity contribution in [3.05, 3.63) is 12.0 Å². The van der Waals surface area contributed by atoms with Crippen LogP contribution in [0.15, 0.2) is 11.2 Å². The predicted molar refractivity (Wildman–Crippen MR) is 78.1 cm³/mol. The maximum atomic E-state index is 12.6. The summed E-state index contributed by atoms with van der Waals surface area (Å²) in [6.07, 6.45) is 4.32. The van der Waals surface area contributed by atoms with Crippen molar-refractivity contribution in [1.29, 1.82) is 0 Å². The van der Waals surface area contributed by atoms with E-state index in [1.807, 2.05) is 11.5 Å². The van der Waals surface area contributed by atoms with Gasteiger partial charge in [0.25, 0.3) is 10.0 Å². The lowest BCUT2D eigenvalue weighted by atomic mass is 10.1. The quantitative estimate of drug-likeness (QED) is 0.880. The molecule has 2 rings (SSSR count). The Hall–Kier alpha value is -0.920. The molecule has 0 atom stereocenters. The smallest absolute Gasteiger partial charge is 0.262 e. The van der Waals surface area contributed by atoms with Crippen molar-refractivity contribution in [1.82, 2.24) is 19.2 Å². The van der Waals surface area contributed by atoms with Gasteiger partial charge in [0.2, 0.25) is 0 Å². The van der Waals surface area contributed by atoms with Gasteiger partial charge < -0.3 is 9.88 Å². The number of rotatable bonds is 5. The molecule has 0 aromatic carbocycles. The highest BCUT2D eigenvalue weighted by Crippen LogP contribution is 2.20. The number of nitrogens with one attached hydrogen (secondary N) is 1. The third-order valence-corrected chi connectivity index (χ3v) is 5.67. The second-order valence-corrected chi connectivity index (χ2v) is 7.27. The van der Waals surface area contributed by atoms with Crippen molar-refractivity contribution in [3.8, 4) is 0 Å². The van der Waals surface area contributed by atoms with Crippen LogP contribution in [0.4, 0.5) is 0 Å². The molecule has 0 aliphatic carbocycles. The Kier molecular flexibility index (Phi) is 4.82. The van der Waals surface area contributed by atoms with Gasteiger partial charge in [0.05, 0.1) is 0 Å². The third-order valence-electron chi connectivity index (χ3n) is 3.88. The zero-order valence-corrected chi connectivity index (χ0v) is 13.3. The predicted octanol–water partition coefficient (Wildman–Crippen LogP) is 0.974. The standard InChI is InChI=1S/C13H24N4O2S/c1-4-9-17-10-13(15-11(17)2)20(18,19)16(3)12-5-7-14-8-6-12/h10,12,14H,4-9H2,1-3H3. The molecule has 1 aromatic rings. The second-order valence-electron chi connectivity index (χ2n) is 5.32. The highest BCUT2D eigenvalue weighted by Gasteiger charge is 2.31. The van der Waals surface area contributed by atoms with Gasteiger partial charge in [-0.25, -0.2) is 13.4 Å². The molecule has 7 heteroatoms. The lowest BCUT2D eigenvalue weighted by molar-refractivity contribution is 0.296. The van der Waals surface area contributed by atoms with Crippen LogP contribution in [0, 0.1) is 6.92 Å². The summed E-state index contributed by atoms with van der Waals surface area (Å²) in [6, 6.07) is 0.0675. The minimum atomic E-state index is -3.48. The summed E-state index contributed by atoms with van der Waals surface area (Å²) in [6.45, 7) is 6.45. The molecule has 0 saturated carbocycles. The van der Waals surface area contributed by atoms with Gasteiger partial charge >= 0.3 is 0 Å². The molecule has 2 heterocycles. The fraction of sp³-hybridized carbons (Fsp3) is 0.769. The van der Waals surface area contributed by atoms with Gasteiger partial charge in [-0.2, -0.15) is 4.31 Å². The van der Waals surface area contributed by atoms with Crippen LogP contribution in [0.25, 0.3) is 0 Å². The highest BCUT2D eigenvalue weighted by atomic mass is 32.2. The van der Waals surface area contributed by atoms with Crippen molar-refractivity contribution in [2.75, 3.05) is 20.1 Å². The molecule has 0 bridgehead atoms. The first-order valence-electron chi connectivity index (χ1n) is 7.19. The Balaban J connectivity index is 2.22. The Morgan fingerprint density at radius 1 is 1.45 bits per heavy atom. The summed E-state index contributed by atoms with van der Waals surface area (Å²) in [5.74, 6) is 0.754. The first-order chi connectivity index (χ1) is 9.46. The molecule has 0 radical (unpaired) electrons. The summed E-state index contributed by atoms with van der Waals surface area (Å²) < 4.78 is 28.7. The number of sulfonamides is 1. The molecule has 114 valence electrons. The number of aromatic nitrogens is 2. The van der Waals surface area contributed by atoms with Crippen molar-refractivity contribution < 1.29 is 8.42 Å². The van der Waals surface area contributed by atoms with Gasteiger partial charge in [-0.1, -0.05) is 6.92 Å². The van der Waals surface area contributed by atoms with Gasteiger partial charge in [0, 0.05) is 25.8 Å². The molecular formula is C13H24N4O2S. The largest absolute Gasteiger partial charge is 0.334 e. The average molecular weight is 300 g/mol. The minimum absolute atomic E-state index is 0.0675. The van der Waals surface area contributed by atoms with Gasteiger partial charge in [0.15, 0.2) is 5.03 Å². The van der Waals surface area contributed by atoms with Crippen LogP contribution in [0.3, 0.4) is 0 Å². The molecule has 1 N–H and O–H groups in total. The number of imidazole rings is 1. The van der Waals surface area contributed by atoms with Crippen molar-refractivity contribution in [3.63, 3.8) is 0 Å². The zero-order valence-electron chi connectivity index (χ0n) is 12.5. The van der Waals surface area contributed by atoms with Crippen molar-refractivity contribution in [2.45, 2.75) is 50.7 Å². The Bertz CT molecular complexity index is 547. The number of nitrogens with zero attached hydrogens (tertiary/aromatic N) is 3. The Morgan fingerprint density at radius 3 is 2.70 bits per heavy atom. The molecule has 1 saturated heterocycles. The molecule has 1 aliphatic rings. The van der Waals surface area contributed by atoms with Gasteiger partial charge in [-0.3, -0.25) is 0 Å². The SMILES string of the molecule is CCCn1cc(S(=O)(=O)N(C)C2CCNCC2)nc1C. The molecule has 1 aromatic heterocycles. The zero-order chi connectivity index (χ0) is 14.8. The molecule has 1 aliphatic heterocycles. The van der Waals surface area contributed by atoms with Crippen molar-refractivity contribution >= 4 is 10.0 Å². The Labute approximate surface area is 121 Å². The molecule has 1 fully saturated rings. The number of piperidine rings is 1. The monoisotopic (exact) mass is 300 g/mol. The van der Waals surface area contributed by atoms with E-state index in [4.69, 9.17) is 0 Å². The maximum absolute atomic E-state index is 12.6. The van der Waals surface area contributed by atoms with Crippen LogP contribution in [-0.2, 0) is 16.6 Å². The van der Waals surface area contributed by atoms with Crippen LogP contribution in [-0.4, -0.2) is 48.5 Å². The third kappa shape index (κ3) is 3.05. The topological polar surface area (TPSA) is 67.2 Å². The van der Waals surface area contributed by atoms with Crippen LogP contribution < -0.4 is 5.32 Å². The van der Waals surface area contributed by atoms with E-state index in [1.165, 1.54) is 4.31 Å². The summed E-state index contributed by atoms with van der Waals surface area (Å²) in [5, 5.41) is 3.42. The minimum Gasteiger partial charge on any atom is -0.334 e. The maximum Gasteiger partial charge on any atom is 0.262 e. The van der Waals surface area contributed by atoms with Gasteiger partial charge in [-0.05, 0) is 39.3 Å². The highest BCUT2D eigenvalue weighted by molar-refractivity contribution is 7.89. The number of hydrogen-bond acceptors (Lipinski definition) is 4. The number of hydrogen-bond donors (Lipinski definition) is 1. The summed E-state index contributed by atoms with van der Waals surface area (Å²) in [7, 11) is -1.82. The van der Waals surface area contributed by atoms with Crippen LogP contribution >= 0.6 is 0 Å². The number of aryl methyl sites for hydroxylation is 2. The summed E-state index contributed by atoms with van der Waals surface area (Å²) in [5.41, 5.74) is 0. The van der Waals surface area contributed by atoms with E-state index < -0.39 is 10.0 Å². The van der Waals surface area contributed by atoms with E-state index in [-0.39, 0.29) is 11.1 Å². The van der Waals surface area contributed by atoms with Crippen molar-refractivity contribution in [2.24, 2.45) is 0 Å². The molecule has 0 unspecified atom stereocenters. The van der Waals surface area contributed by atoms with E-state index in [0.29, 0.717) is 0 Å². The summed E-state index contributed by atoms with van der Waals surface area (Å²) >= 11 is 0. The van der Waals surface area contributed by atoms with E-state index in [0.717, 1.165) is 44.7 Å². The fourth-order valence-electron chi connectivity index (χ4n) is 2.58. The van der Waals surface area contributed by atoms with Crippen LogP contribution in [0.5, 0.6) is 0 Å². The molecule has 0 spiro atoms. The molecule has 20 heavy (non-hydrogen) atoms. The van der Waals surface area contributed by atoms with Gasteiger partial charge in [0.1, 0.15) is 5.82 Å². The van der Waals surface area contributed by atoms with E-state index in [2.05, 4.69) is 17.2 Å². The Morgan fingerprint density at radius 2 is 2.10 bits per heavy atom. The van der Waals surface area contributed by atoms with E-state index in [9.17, 15) is 8.42 Å². The van der Waals surface area contributed by atoms with Gasteiger partial charge in [-0.15, -0.1) is 0 Å². The normalized spacial score (nSPS) is 17.8. The molecular weight excluding hydrogens is 276 g/mol. The van der Waals surface area contributed by atoms with E-state index in [1.54, 1.807) is 13.2 Å². The first-order valence-corrected chi connectivity index (χ1v) is 8.63. The summed E-state index contributed by atoms with van der Waals surface area (Å²) in [4.78, 5) is 4.23. The lowest BCUT2D eigenvalue weighted by Gasteiger charge is -2.30. The second kappa shape index (κ2) is 6.24. The average Bonchev–Trinajstić information content (AvgIpc) is 2.81. The molecule has 6 nitrogen and oxygen atoms in total. The van der Waals surface area contributed by atoms with Crippen LogP contribution in [0.2, 0.25) is 0 Å². The van der Waals surface area contributed by atoms with Crippen LogP contribution in [0.1, 0.15) is 32.0 Å². The fourth-order valence-corrected chi connectivity index (χ4v) is 3.99.